The van der Waals surface area contributed by atoms with Crippen molar-refractivity contribution in [1.82, 2.24) is 9.62 Å². The molecule has 1 N–H and O–H groups in total. The number of nitrogens with one attached hydrogen (secondary N) is 1. The number of amides is 2. The summed E-state index contributed by atoms with van der Waals surface area (Å²) in [5.41, 5.74) is 2.28. The lowest BCUT2D eigenvalue weighted by molar-refractivity contribution is -0.140. The van der Waals surface area contributed by atoms with Gasteiger partial charge in [0.15, 0.2) is 0 Å². The summed E-state index contributed by atoms with van der Waals surface area (Å²) in [5, 5.41) is 3.62. The first-order valence-corrected chi connectivity index (χ1v) is 7.94. The monoisotopic (exact) mass is 342 g/mol. The molecular formula is C15H19ClN2O3S. The zero-order valence-corrected chi connectivity index (χ0v) is 14.0. The predicted octanol–water partition coefficient (Wildman–Crippen LogP) is 3.14. The maximum absolute atomic E-state index is 12.1. The third-order valence-corrected chi connectivity index (χ3v) is 4.18. The standard InChI is InChI=1S/C15H19ClN2O3S/c1-10(19)21-8-7-18(22)15(20)17-14-4-2-3-11-5-6-12(16)9-13(11)14/h5-6,9,14,22H,2-4,7-8H2,1H3,(H,17,20). The molecule has 0 spiro atoms. The van der Waals surface area contributed by atoms with Crippen LogP contribution in [0.1, 0.15) is 36.9 Å². The fourth-order valence-electron chi connectivity index (χ4n) is 2.52. The van der Waals surface area contributed by atoms with Crippen molar-refractivity contribution in [2.75, 3.05) is 13.2 Å². The number of hydrogen-bond donors (Lipinski definition) is 2. The number of thiol groups is 1. The highest BCUT2D eigenvalue weighted by atomic mass is 35.5. The van der Waals surface area contributed by atoms with Crippen LogP contribution in [0, 0.1) is 0 Å². The Hall–Kier alpha value is -1.40. The molecule has 1 unspecified atom stereocenters. The van der Waals surface area contributed by atoms with E-state index in [2.05, 4.69) is 18.1 Å². The van der Waals surface area contributed by atoms with Crippen molar-refractivity contribution in [3.63, 3.8) is 0 Å². The fraction of sp³-hybridized carbons (Fsp3) is 0.467. The van der Waals surface area contributed by atoms with E-state index < -0.39 is 0 Å². The third-order valence-electron chi connectivity index (χ3n) is 3.56. The van der Waals surface area contributed by atoms with E-state index in [0.29, 0.717) is 5.02 Å². The van der Waals surface area contributed by atoms with Crippen molar-refractivity contribution in [3.8, 4) is 0 Å². The molecule has 7 heteroatoms. The molecule has 1 aliphatic rings. The molecule has 0 heterocycles. The summed E-state index contributed by atoms with van der Waals surface area (Å²) in [4.78, 5) is 22.8. The minimum Gasteiger partial charge on any atom is -0.464 e. The van der Waals surface area contributed by atoms with E-state index in [9.17, 15) is 9.59 Å². The first-order chi connectivity index (χ1) is 10.5. The molecule has 120 valence electrons. The minimum atomic E-state index is -0.377. The number of fused-ring (bicyclic) bond motifs is 1. The highest BCUT2D eigenvalue weighted by Gasteiger charge is 2.23. The average molecular weight is 343 g/mol. The molecule has 0 saturated heterocycles. The molecule has 0 fully saturated rings. The number of carbonyl (C=O) groups is 2. The summed E-state index contributed by atoms with van der Waals surface area (Å²) in [6, 6.07) is 5.40. The van der Waals surface area contributed by atoms with Crippen LogP contribution in [0.15, 0.2) is 18.2 Å². The van der Waals surface area contributed by atoms with Crippen LogP contribution in [-0.4, -0.2) is 29.5 Å². The quantitative estimate of drug-likeness (QED) is 0.653. The Labute approximate surface area is 140 Å². The normalized spacial score (nSPS) is 16.6. The van der Waals surface area contributed by atoms with Gasteiger partial charge in [-0.15, -0.1) is 0 Å². The van der Waals surface area contributed by atoms with Gasteiger partial charge in [0.05, 0.1) is 12.6 Å². The summed E-state index contributed by atoms with van der Waals surface area (Å²) in [6.45, 7) is 1.68. The minimum absolute atomic E-state index is 0.0710. The third kappa shape index (κ3) is 4.55. The lowest BCUT2D eigenvalue weighted by Gasteiger charge is -2.28. The number of rotatable bonds is 4. The zero-order valence-electron chi connectivity index (χ0n) is 12.3. The molecule has 0 radical (unpaired) electrons. The number of aryl methyl sites for hydroxylation is 1. The van der Waals surface area contributed by atoms with Gasteiger partial charge < -0.3 is 10.1 Å². The van der Waals surface area contributed by atoms with Gasteiger partial charge in [-0.1, -0.05) is 30.5 Å². The Morgan fingerprint density at radius 2 is 2.27 bits per heavy atom. The van der Waals surface area contributed by atoms with Crippen molar-refractivity contribution in [2.24, 2.45) is 0 Å². The maximum Gasteiger partial charge on any atom is 0.327 e. The van der Waals surface area contributed by atoms with E-state index in [-0.39, 0.29) is 31.2 Å². The van der Waals surface area contributed by atoms with Crippen molar-refractivity contribution in [1.29, 1.82) is 0 Å². The van der Waals surface area contributed by atoms with E-state index in [1.807, 2.05) is 18.2 Å². The molecule has 5 nitrogen and oxygen atoms in total. The van der Waals surface area contributed by atoms with Gasteiger partial charge in [0.25, 0.3) is 0 Å². The number of halogens is 1. The van der Waals surface area contributed by atoms with Crippen LogP contribution in [0.5, 0.6) is 0 Å². The van der Waals surface area contributed by atoms with E-state index in [0.717, 1.165) is 24.8 Å². The zero-order chi connectivity index (χ0) is 16.1. The molecule has 0 bridgehead atoms. The summed E-state index contributed by atoms with van der Waals surface area (Å²) < 4.78 is 6.01. The molecular weight excluding hydrogens is 324 g/mol. The lowest BCUT2D eigenvalue weighted by atomic mass is 9.88. The van der Waals surface area contributed by atoms with Gasteiger partial charge in [0.2, 0.25) is 0 Å². The first-order valence-electron chi connectivity index (χ1n) is 7.16. The Morgan fingerprint density at radius 1 is 1.50 bits per heavy atom. The topological polar surface area (TPSA) is 58.6 Å². The van der Waals surface area contributed by atoms with Gasteiger partial charge in [-0.05, 0) is 42.5 Å². The van der Waals surface area contributed by atoms with Crippen LogP contribution in [0.2, 0.25) is 5.02 Å². The van der Waals surface area contributed by atoms with E-state index in [1.165, 1.54) is 16.8 Å². The maximum atomic E-state index is 12.1. The number of ether oxygens (including phenoxy) is 1. The number of urea groups is 1. The smallest absolute Gasteiger partial charge is 0.327 e. The Morgan fingerprint density at radius 3 is 3.00 bits per heavy atom. The molecule has 1 aliphatic carbocycles. The lowest BCUT2D eigenvalue weighted by Crippen LogP contribution is -2.39. The molecule has 2 amide bonds. The molecule has 0 aromatic heterocycles. The van der Waals surface area contributed by atoms with Gasteiger partial charge >= 0.3 is 12.0 Å². The van der Waals surface area contributed by atoms with Crippen LogP contribution in [0.25, 0.3) is 0 Å². The molecule has 1 aromatic carbocycles. The summed E-state index contributed by atoms with van der Waals surface area (Å²) in [6.07, 6.45) is 2.88. The number of nitrogens with zero attached hydrogens (tertiary/aromatic N) is 1. The van der Waals surface area contributed by atoms with Crippen LogP contribution in [0.3, 0.4) is 0 Å². The number of hydrogen-bond acceptors (Lipinski definition) is 4. The van der Waals surface area contributed by atoms with Gasteiger partial charge in [0.1, 0.15) is 6.61 Å². The Kier molecular flexibility index (Phi) is 5.97. The molecule has 1 aromatic rings. The van der Waals surface area contributed by atoms with Gasteiger partial charge in [-0.25, -0.2) is 4.79 Å². The summed E-state index contributed by atoms with van der Waals surface area (Å²) in [7, 11) is 0. The Bertz CT molecular complexity index is 568. The number of carbonyl (C=O) groups excluding carboxylic acids is 2. The van der Waals surface area contributed by atoms with E-state index in [1.54, 1.807) is 0 Å². The first kappa shape index (κ1) is 17.0. The van der Waals surface area contributed by atoms with E-state index in [4.69, 9.17) is 16.3 Å². The van der Waals surface area contributed by atoms with Gasteiger partial charge in [-0.2, -0.15) is 0 Å². The molecule has 22 heavy (non-hydrogen) atoms. The van der Waals surface area contributed by atoms with Crippen LogP contribution in [-0.2, 0) is 16.0 Å². The van der Waals surface area contributed by atoms with Crippen molar-refractivity contribution in [2.45, 2.75) is 32.2 Å². The van der Waals surface area contributed by atoms with Gasteiger partial charge in [0, 0.05) is 11.9 Å². The average Bonchev–Trinajstić information content (AvgIpc) is 2.47. The van der Waals surface area contributed by atoms with Crippen molar-refractivity contribution >= 4 is 36.4 Å². The summed E-state index contributed by atoms with van der Waals surface area (Å²) >= 11 is 10.2. The van der Waals surface area contributed by atoms with Crippen LogP contribution < -0.4 is 5.32 Å². The molecule has 1 atom stereocenters. The number of esters is 1. The van der Waals surface area contributed by atoms with Gasteiger partial charge in [-0.3, -0.25) is 9.10 Å². The second-order valence-electron chi connectivity index (χ2n) is 5.20. The van der Waals surface area contributed by atoms with Crippen molar-refractivity contribution < 1.29 is 14.3 Å². The molecule has 0 saturated carbocycles. The SMILES string of the molecule is CC(=O)OCCN(S)C(=O)NC1CCCc2ccc(Cl)cc21. The molecule has 2 rings (SSSR count). The number of benzene rings is 1. The second-order valence-corrected chi connectivity index (χ2v) is 6.12. The van der Waals surface area contributed by atoms with E-state index >= 15 is 0 Å². The highest BCUT2D eigenvalue weighted by molar-refractivity contribution is 7.78. The second kappa shape index (κ2) is 7.74. The van der Waals surface area contributed by atoms with Crippen LogP contribution in [0.4, 0.5) is 4.79 Å². The van der Waals surface area contributed by atoms with Crippen LogP contribution >= 0.6 is 24.4 Å². The fourth-order valence-corrected chi connectivity index (χ4v) is 2.84. The summed E-state index contributed by atoms with van der Waals surface area (Å²) in [5.74, 6) is -0.377. The molecule has 0 aliphatic heterocycles. The largest absolute Gasteiger partial charge is 0.464 e. The highest BCUT2D eigenvalue weighted by Crippen LogP contribution is 2.31. The predicted molar refractivity (Wildman–Crippen MR) is 88.0 cm³/mol. The Balaban J connectivity index is 1.95. The van der Waals surface area contributed by atoms with Crippen molar-refractivity contribution in [3.05, 3.63) is 34.3 Å².